The van der Waals surface area contributed by atoms with Crippen LogP contribution in [0.2, 0.25) is 0 Å². The predicted octanol–water partition coefficient (Wildman–Crippen LogP) is 0.931. The topological polar surface area (TPSA) is 104 Å². The van der Waals surface area contributed by atoms with Gasteiger partial charge in [0.2, 0.25) is 10.0 Å². The molecule has 18 heavy (non-hydrogen) atoms. The molecule has 102 valence electrons. The van der Waals surface area contributed by atoms with Gasteiger partial charge in [-0.05, 0) is 35.8 Å². The van der Waals surface area contributed by atoms with Crippen LogP contribution in [0, 0.1) is 6.92 Å². The lowest BCUT2D eigenvalue weighted by atomic mass is 10.2. The lowest BCUT2D eigenvalue weighted by molar-refractivity contribution is -0.141. The molecule has 6 nitrogen and oxygen atoms in total. The van der Waals surface area contributed by atoms with Crippen LogP contribution in [0.25, 0.3) is 0 Å². The lowest BCUT2D eigenvalue weighted by Crippen LogP contribution is -2.47. The largest absolute Gasteiger partial charge is 0.480 e. The number of aliphatic carboxylic acids is 1. The van der Waals surface area contributed by atoms with Crippen molar-refractivity contribution in [3.8, 4) is 0 Å². The zero-order valence-electron chi connectivity index (χ0n) is 9.55. The van der Waals surface area contributed by atoms with Crippen molar-refractivity contribution >= 4 is 43.3 Å². The summed E-state index contributed by atoms with van der Waals surface area (Å²) in [7, 11) is -3.97. The SMILES string of the molecule is Cc1sc(Br)cc1S(=O)(=O)NC(C(=O)O)C(C)O. The highest BCUT2D eigenvalue weighted by molar-refractivity contribution is 9.11. The van der Waals surface area contributed by atoms with Crippen LogP contribution in [0.1, 0.15) is 11.8 Å². The van der Waals surface area contributed by atoms with Gasteiger partial charge in [-0.25, -0.2) is 8.42 Å². The van der Waals surface area contributed by atoms with Gasteiger partial charge >= 0.3 is 5.97 Å². The summed E-state index contributed by atoms with van der Waals surface area (Å²) in [6.07, 6.45) is -1.33. The number of nitrogens with one attached hydrogen (secondary N) is 1. The van der Waals surface area contributed by atoms with Crippen LogP contribution in [0.4, 0.5) is 0 Å². The molecule has 1 aromatic heterocycles. The number of rotatable bonds is 5. The second-order valence-electron chi connectivity index (χ2n) is 3.65. The van der Waals surface area contributed by atoms with Gasteiger partial charge in [-0.15, -0.1) is 11.3 Å². The van der Waals surface area contributed by atoms with Crippen molar-refractivity contribution in [2.45, 2.75) is 30.9 Å². The van der Waals surface area contributed by atoms with Gasteiger partial charge in [-0.1, -0.05) is 0 Å². The van der Waals surface area contributed by atoms with Gasteiger partial charge in [-0.2, -0.15) is 4.72 Å². The molecule has 1 aromatic rings. The van der Waals surface area contributed by atoms with E-state index in [-0.39, 0.29) is 4.90 Å². The number of thiophene rings is 1. The molecule has 0 aliphatic rings. The van der Waals surface area contributed by atoms with Gasteiger partial charge in [0.25, 0.3) is 0 Å². The Balaban J connectivity index is 3.08. The number of aryl methyl sites for hydroxylation is 1. The Labute approximate surface area is 117 Å². The zero-order valence-corrected chi connectivity index (χ0v) is 12.8. The number of carbonyl (C=O) groups is 1. The minimum absolute atomic E-state index is 0.00581. The van der Waals surface area contributed by atoms with Gasteiger partial charge in [-0.3, -0.25) is 4.79 Å². The first-order valence-corrected chi connectivity index (χ1v) is 7.93. The molecule has 0 amide bonds. The Kier molecular flexibility index (Phi) is 4.90. The van der Waals surface area contributed by atoms with E-state index in [1.165, 1.54) is 24.3 Å². The third-order valence-electron chi connectivity index (χ3n) is 2.16. The maximum Gasteiger partial charge on any atom is 0.324 e. The van der Waals surface area contributed by atoms with Gasteiger partial charge < -0.3 is 10.2 Å². The Bertz CT molecular complexity index is 551. The van der Waals surface area contributed by atoms with Crippen molar-refractivity contribution in [1.29, 1.82) is 0 Å². The number of halogens is 1. The van der Waals surface area contributed by atoms with Gasteiger partial charge in [0.1, 0.15) is 6.04 Å². The van der Waals surface area contributed by atoms with Crippen molar-refractivity contribution in [3.05, 3.63) is 14.7 Å². The van der Waals surface area contributed by atoms with Crippen LogP contribution >= 0.6 is 27.3 Å². The molecule has 1 heterocycles. The molecule has 0 aliphatic heterocycles. The second kappa shape index (κ2) is 5.66. The summed E-state index contributed by atoms with van der Waals surface area (Å²) >= 11 is 4.39. The average molecular weight is 358 g/mol. The van der Waals surface area contributed by atoms with Crippen molar-refractivity contribution < 1.29 is 23.4 Å². The van der Waals surface area contributed by atoms with E-state index >= 15 is 0 Å². The minimum Gasteiger partial charge on any atom is -0.480 e. The molecule has 1 rings (SSSR count). The summed E-state index contributed by atoms with van der Waals surface area (Å²) in [5.74, 6) is -1.43. The first kappa shape index (κ1) is 15.6. The lowest BCUT2D eigenvalue weighted by Gasteiger charge is -2.16. The van der Waals surface area contributed by atoms with Crippen LogP contribution in [0.15, 0.2) is 14.7 Å². The molecule has 0 aliphatic carbocycles. The molecule has 3 N–H and O–H groups in total. The van der Waals surface area contributed by atoms with Crippen LogP contribution < -0.4 is 4.72 Å². The number of carboxylic acid groups (broad SMARTS) is 1. The second-order valence-corrected chi connectivity index (χ2v) is 7.97. The van der Waals surface area contributed by atoms with Crippen molar-refractivity contribution in [2.75, 3.05) is 0 Å². The quantitative estimate of drug-likeness (QED) is 0.727. The van der Waals surface area contributed by atoms with Crippen molar-refractivity contribution in [3.63, 3.8) is 0 Å². The standard InChI is InChI=1S/C9H12BrNO5S2/c1-4(12)8(9(13)14)11-18(15,16)6-3-7(10)17-5(6)2/h3-4,8,11-12H,1-2H3,(H,13,14). The molecule has 0 saturated heterocycles. The number of sulfonamides is 1. The Morgan fingerprint density at radius 3 is 2.44 bits per heavy atom. The fraction of sp³-hybridized carbons (Fsp3) is 0.444. The van der Waals surface area contributed by atoms with Crippen LogP contribution in [-0.4, -0.2) is 36.7 Å². The average Bonchev–Trinajstić information content (AvgIpc) is 2.54. The van der Waals surface area contributed by atoms with Crippen molar-refractivity contribution in [1.82, 2.24) is 4.72 Å². The summed E-state index contributed by atoms with van der Waals surface area (Å²) in [6.45, 7) is 2.82. The van der Waals surface area contributed by atoms with E-state index in [1.54, 1.807) is 6.92 Å². The molecular weight excluding hydrogens is 346 g/mol. The highest BCUT2D eigenvalue weighted by Gasteiger charge is 2.30. The van der Waals surface area contributed by atoms with E-state index in [2.05, 4.69) is 15.9 Å². The first-order chi connectivity index (χ1) is 8.15. The van der Waals surface area contributed by atoms with E-state index < -0.39 is 28.1 Å². The molecule has 0 saturated carbocycles. The van der Waals surface area contributed by atoms with E-state index in [9.17, 15) is 18.3 Å². The minimum atomic E-state index is -3.97. The smallest absolute Gasteiger partial charge is 0.324 e. The molecule has 9 heteroatoms. The maximum atomic E-state index is 12.0. The summed E-state index contributed by atoms with van der Waals surface area (Å²) < 4.78 is 26.6. The van der Waals surface area contributed by atoms with E-state index in [0.29, 0.717) is 8.66 Å². The Hall–Kier alpha value is -0.480. The van der Waals surface area contributed by atoms with Crippen LogP contribution in [0.3, 0.4) is 0 Å². The monoisotopic (exact) mass is 357 g/mol. The number of hydrogen-bond acceptors (Lipinski definition) is 5. The molecule has 0 bridgehead atoms. The molecule has 2 atom stereocenters. The summed E-state index contributed by atoms with van der Waals surface area (Å²) in [5, 5.41) is 18.1. The van der Waals surface area contributed by atoms with Crippen LogP contribution in [0.5, 0.6) is 0 Å². The van der Waals surface area contributed by atoms with Gasteiger partial charge in [0.15, 0.2) is 0 Å². The first-order valence-electron chi connectivity index (χ1n) is 4.84. The fourth-order valence-electron chi connectivity index (χ4n) is 1.28. The molecule has 0 aromatic carbocycles. The summed E-state index contributed by atoms with van der Waals surface area (Å²) in [6, 6.07) is -0.184. The molecule has 0 spiro atoms. The Morgan fingerprint density at radius 1 is 1.56 bits per heavy atom. The predicted molar refractivity (Wildman–Crippen MR) is 70.2 cm³/mol. The molecule has 2 unspecified atom stereocenters. The Morgan fingerprint density at radius 2 is 2.11 bits per heavy atom. The molecular formula is C9H12BrNO5S2. The van der Waals surface area contributed by atoms with Gasteiger partial charge in [0, 0.05) is 4.88 Å². The van der Waals surface area contributed by atoms with Crippen LogP contribution in [-0.2, 0) is 14.8 Å². The van der Waals surface area contributed by atoms with Crippen molar-refractivity contribution in [2.24, 2.45) is 0 Å². The molecule has 0 fully saturated rings. The highest BCUT2D eigenvalue weighted by atomic mass is 79.9. The normalized spacial score (nSPS) is 15.3. The number of carboxylic acids is 1. The number of aliphatic hydroxyl groups excluding tert-OH is 1. The van der Waals surface area contributed by atoms with E-state index in [4.69, 9.17) is 5.11 Å². The third-order valence-corrected chi connectivity index (χ3v) is 5.41. The highest BCUT2D eigenvalue weighted by Crippen LogP contribution is 2.29. The third kappa shape index (κ3) is 3.51. The summed E-state index contributed by atoms with van der Waals surface area (Å²) in [4.78, 5) is 11.4. The van der Waals surface area contributed by atoms with Gasteiger partial charge in [0.05, 0.1) is 14.8 Å². The summed E-state index contributed by atoms with van der Waals surface area (Å²) in [5.41, 5.74) is 0. The van der Waals surface area contributed by atoms with E-state index in [0.717, 1.165) is 0 Å². The maximum absolute atomic E-state index is 12.0. The zero-order chi connectivity index (χ0) is 14.1. The fourth-order valence-corrected chi connectivity index (χ4v) is 4.96. The number of hydrogen-bond donors (Lipinski definition) is 3. The number of aliphatic hydroxyl groups is 1. The van der Waals surface area contributed by atoms with E-state index in [1.807, 2.05) is 4.72 Å². The molecule has 0 radical (unpaired) electrons.